The Balaban J connectivity index is 1.80. The number of rotatable bonds is 4. The highest BCUT2D eigenvalue weighted by Crippen LogP contribution is 2.32. The minimum Gasteiger partial charge on any atom is -0.309 e. The lowest BCUT2D eigenvalue weighted by molar-refractivity contribution is 0.442. The van der Waals surface area contributed by atoms with E-state index in [-0.39, 0.29) is 0 Å². The highest BCUT2D eigenvalue weighted by atomic mass is 79.9. The SMILES string of the molecule is CC1CCC(CNC(C)c2sccc2Br)C1. The van der Waals surface area contributed by atoms with Gasteiger partial charge >= 0.3 is 0 Å². The monoisotopic (exact) mass is 301 g/mol. The van der Waals surface area contributed by atoms with Gasteiger partial charge in [-0.3, -0.25) is 0 Å². The summed E-state index contributed by atoms with van der Waals surface area (Å²) in [7, 11) is 0. The molecule has 1 heterocycles. The average molecular weight is 302 g/mol. The van der Waals surface area contributed by atoms with Gasteiger partial charge in [0.1, 0.15) is 0 Å². The highest BCUT2D eigenvalue weighted by molar-refractivity contribution is 9.10. The maximum Gasteiger partial charge on any atom is 0.0397 e. The fourth-order valence-corrected chi connectivity index (χ4v) is 4.31. The molecule has 2 rings (SSSR count). The largest absolute Gasteiger partial charge is 0.309 e. The summed E-state index contributed by atoms with van der Waals surface area (Å²) in [4.78, 5) is 1.42. The molecule has 0 bridgehead atoms. The van der Waals surface area contributed by atoms with Crippen LogP contribution in [0.4, 0.5) is 0 Å². The van der Waals surface area contributed by atoms with Crippen molar-refractivity contribution in [1.82, 2.24) is 5.32 Å². The molecule has 1 fully saturated rings. The molecular weight excluding hydrogens is 282 g/mol. The van der Waals surface area contributed by atoms with Crippen LogP contribution in [0.3, 0.4) is 0 Å². The molecule has 1 saturated carbocycles. The first-order chi connectivity index (χ1) is 7.66. The van der Waals surface area contributed by atoms with Crippen molar-refractivity contribution in [3.8, 4) is 0 Å². The predicted octanol–water partition coefficient (Wildman–Crippen LogP) is 4.60. The molecule has 3 unspecified atom stereocenters. The van der Waals surface area contributed by atoms with Crippen molar-refractivity contribution in [3.05, 3.63) is 20.8 Å². The van der Waals surface area contributed by atoms with Gasteiger partial charge in [-0.15, -0.1) is 11.3 Å². The summed E-state index contributed by atoms with van der Waals surface area (Å²) in [5.74, 6) is 1.84. The number of hydrogen-bond donors (Lipinski definition) is 1. The van der Waals surface area contributed by atoms with E-state index < -0.39 is 0 Å². The Bertz CT molecular complexity index is 336. The summed E-state index contributed by atoms with van der Waals surface area (Å²) in [6.45, 7) is 5.81. The van der Waals surface area contributed by atoms with Crippen LogP contribution >= 0.6 is 27.3 Å². The zero-order chi connectivity index (χ0) is 11.5. The first-order valence-electron chi connectivity index (χ1n) is 6.13. The van der Waals surface area contributed by atoms with E-state index in [1.807, 2.05) is 11.3 Å². The van der Waals surface area contributed by atoms with E-state index in [9.17, 15) is 0 Å². The second-order valence-electron chi connectivity index (χ2n) is 5.05. The molecule has 0 radical (unpaired) electrons. The first-order valence-corrected chi connectivity index (χ1v) is 7.80. The molecule has 3 heteroatoms. The number of hydrogen-bond acceptors (Lipinski definition) is 2. The van der Waals surface area contributed by atoms with Gasteiger partial charge in [0.25, 0.3) is 0 Å². The summed E-state index contributed by atoms with van der Waals surface area (Å²) in [5.41, 5.74) is 0. The molecule has 1 aromatic rings. The topological polar surface area (TPSA) is 12.0 Å². The third-order valence-electron chi connectivity index (χ3n) is 3.55. The van der Waals surface area contributed by atoms with E-state index in [1.54, 1.807) is 0 Å². The van der Waals surface area contributed by atoms with Crippen molar-refractivity contribution >= 4 is 27.3 Å². The average Bonchev–Trinajstić information content (AvgIpc) is 2.84. The van der Waals surface area contributed by atoms with Crippen LogP contribution in [0.1, 0.15) is 44.0 Å². The zero-order valence-electron chi connectivity index (χ0n) is 10.0. The van der Waals surface area contributed by atoms with E-state index in [0.717, 1.165) is 11.8 Å². The molecule has 3 atom stereocenters. The Labute approximate surface area is 111 Å². The molecule has 0 spiro atoms. The Morgan fingerprint density at radius 3 is 2.94 bits per heavy atom. The van der Waals surface area contributed by atoms with Gasteiger partial charge in [-0.1, -0.05) is 13.3 Å². The third-order valence-corrected chi connectivity index (χ3v) is 5.61. The molecule has 1 aliphatic rings. The zero-order valence-corrected chi connectivity index (χ0v) is 12.4. The van der Waals surface area contributed by atoms with Crippen LogP contribution in [0.5, 0.6) is 0 Å². The second-order valence-corrected chi connectivity index (χ2v) is 6.85. The Morgan fingerprint density at radius 2 is 2.38 bits per heavy atom. The lowest BCUT2D eigenvalue weighted by atomic mass is 10.1. The maximum absolute atomic E-state index is 3.67. The lowest BCUT2D eigenvalue weighted by Crippen LogP contribution is -2.24. The normalized spacial score (nSPS) is 27.2. The summed E-state index contributed by atoms with van der Waals surface area (Å²) in [6.07, 6.45) is 4.24. The maximum atomic E-state index is 3.67. The van der Waals surface area contributed by atoms with Crippen LogP contribution in [-0.2, 0) is 0 Å². The van der Waals surface area contributed by atoms with E-state index in [0.29, 0.717) is 6.04 Å². The van der Waals surface area contributed by atoms with Crippen LogP contribution in [0.2, 0.25) is 0 Å². The summed E-state index contributed by atoms with van der Waals surface area (Å²) in [5, 5.41) is 5.82. The minimum atomic E-state index is 0.477. The summed E-state index contributed by atoms with van der Waals surface area (Å²) >= 11 is 5.43. The highest BCUT2D eigenvalue weighted by Gasteiger charge is 2.21. The van der Waals surface area contributed by atoms with Crippen molar-refractivity contribution in [3.63, 3.8) is 0 Å². The van der Waals surface area contributed by atoms with Crippen LogP contribution in [0.15, 0.2) is 15.9 Å². The minimum absolute atomic E-state index is 0.477. The van der Waals surface area contributed by atoms with Crippen molar-refractivity contribution < 1.29 is 0 Å². The van der Waals surface area contributed by atoms with E-state index in [4.69, 9.17) is 0 Å². The molecule has 1 N–H and O–H groups in total. The van der Waals surface area contributed by atoms with Crippen LogP contribution in [0, 0.1) is 11.8 Å². The van der Waals surface area contributed by atoms with E-state index in [2.05, 4.69) is 46.5 Å². The number of nitrogens with one attached hydrogen (secondary N) is 1. The van der Waals surface area contributed by atoms with Gasteiger partial charge in [-0.2, -0.15) is 0 Å². The molecule has 1 nitrogen and oxygen atoms in total. The molecule has 1 aromatic heterocycles. The predicted molar refractivity (Wildman–Crippen MR) is 74.9 cm³/mol. The van der Waals surface area contributed by atoms with Crippen LogP contribution < -0.4 is 5.32 Å². The van der Waals surface area contributed by atoms with Gasteiger partial charge < -0.3 is 5.32 Å². The molecule has 90 valence electrons. The molecule has 0 aromatic carbocycles. The fraction of sp³-hybridized carbons (Fsp3) is 0.692. The van der Waals surface area contributed by atoms with Gasteiger partial charge in [0.15, 0.2) is 0 Å². The van der Waals surface area contributed by atoms with Crippen LogP contribution in [0.25, 0.3) is 0 Å². The standard InChI is InChI=1S/C13H20BrNS/c1-9-3-4-11(7-9)8-15-10(2)13-12(14)5-6-16-13/h5-6,9-11,15H,3-4,7-8H2,1-2H3. The molecular formula is C13H20BrNS. The Hall–Kier alpha value is 0.140. The van der Waals surface area contributed by atoms with Crippen molar-refractivity contribution in [2.24, 2.45) is 11.8 Å². The van der Waals surface area contributed by atoms with E-state index >= 15 is 0 Å². The molecule has 0 amide bonds. The van der Waals surface area contributed by atoms with Gasteiger partial charge in [-0.05, 0) is 65.5 Å². The van der Waals surface area contributed by atoms with Crippen molar-refractivity contribution in [1.29, 1.82) is 0 Å². The lowest BCUT2D eigenvalue weighted by Gasteiger charge is -2.16. The quantitative estimate of drug-likeness (QED) is 0.857. The summed E-state index contributed by atoms with van der Waals surface area (Å²) in [6, 6.07) is 2.61. The fourth-order valence-electron chi connectivity index (χ4n) is 2.56. The van der Waals surface area contributed by atoms with Gasteiger partial charge in [0.05, 0.1) is 0 Å². The van der Waals surface area contributed by atoms with E-state index in [1.165, 1.54) is 35.2 Å². The van der Waals surface area contributed by atoms with Gasteiger partial charge in [0, 0.05) is 15.4 Å². The van der Waals surface area contributed by atoms with Crippen LogP contribution in [-0.4, -0.2) is 6.54 Å². The molecule has 0 saturated heterocycles. The van der Waals surface area contributed by atoms with Gasteiger partial charge in [0.2, 0.25) is 0 Å². The van der Waals surface area contributed by atoms with Crippen molar-refractivity contribution in [2.45, 2.75) is 39.2 Å². The van der Waals surface area contributed by atoms with Gasteiger partial charge in [-0.25, -0.2) is 0 Å². The summed E-state index contributed by atoms with van der Waals surface area (Å²) < 4.78 is 1.25. The number of halogens is 1. The Kier molecular flexibility index (Phi) is 4.45. The number of thiophene rings is 1. The Morgan fingerprint density at radius 1 is 1.56 bits per heavy atom. The first kappa shape index (κ1) is 12.6. The van der Waals surface area contributed by atoms with Crippen molar-refractivity contribution in [2.75, 3.05) is 6.54 Å². The molecule has 0 aliphatic heterocycles. The smallest absolute Gasteiger partial charge is 0.0397 e. The second kappa shape index (κ2) is 5.65. The third kappa shape index (κ3) is 3.08. The molecule has 1 aliphatic carbocycles. The molecule has 16 heavy (non-hydrogen) atoms.